The van der Waals surface area contributed by atoms with Gasteiger partial charge in [0.25, 0.3) is 0 Å². The number of hydrogen-bond acceptors (Lipinski definition) is 3. The molecule has 4 nitrogen and oxygen atoms in total. The molecule has 2 aromatic carbocycles. The van der Waals surface area contributed by atoms with E-state index in [2.05, 4.69) is 22.8 Å². The van der Waals surface area contributed by atoms with Gasteiger partial charge in [-0.25, -0.2) is 0 Å². The smallest absolute Gasteiger partial charge is 0.244 e. The highest BCUT2D eigenvalue weighted by Crippen LogP contribution is 2.28. The molecule has 0 spiro atoms. The predicted molar refractivity (Wildman–Crippen MR) is 116 cm³/mol. The zero-order valence-corrected chi connectivity index (χ0v) is 16.7. The maximum absolute atomic E-state index is 12.1. The molecule has 0 aliphatic heterocycles. The molecule has 0 unspecified atom stereocenters. The van der Waals surface area contributed by atoms with Gasteiger partial charge in [0.15, 0.2) is 0 Å². The van der Waals surface area contributed by atoms with E-state index < -0.39 is 0 Å². The quantitative estimate of drug-likeness (QED) is 0.594. The van der Waals surface area contributed by atoms with Gasteiger partial charge in [-0.15, -0.1) is 11.3 Å². The van der Waals surface area contributed by atoms with Crippen molar-refractivity contribution in [2.75, 3.05) is 11.9 Å². The van der Waals surface area contributed by atoms with Crippen molar-refractivity contribution in [1.82, 2.24) is 5.32 Å². The van der Waals surface area contributed by atoms with Gasteiger partial charge in [-0.05, 0) is 48.7 Å². The Hall–Kier alpha value is -3.18. The van der Waals surface area contributed by atoms with Crippen molar-refractivity contribution in [3.8, 4) is 10.4 Å². The number of rotatable bonds is 6. The van der Waals surface area contributed by atoms with Gasteiger partial charge in [0, 0.05) is 21.5 Å². The summed E-state index contributed by atoms with van der Waals surface area (Å²) in [6.07, 6.45) is 3.21. The standard InChI is InChI=1S/C23H22N2O2S/c1-16-7-6-8-17(2)23(16)25-22(27)15-24-21(26)14-12-19-11-13-20(28-19)18-9-4-3-5-10-18/h3-14H,15H2,1-2H3,(H,24,26)(H,25,27)/b14-12+. The van der Waals surface area contributed by atoms with Crippen molar-refractivity contribution in [2.45, 2.75) is 13.8 Å². The fourth-order valence-electron chi connectivity index (χ4n) is 2.78. The third-order valence-corrected chi connectivity index (χ3v) is 5.35. The van der Waals surface area contributed by atoms with Gasteiger partial charge in [0.05, 0.1) is 6.54 Å². The van der Waals surface area contributed by atoms with E-state index in [0.29, 0.717) is 0 Å². The van der Waals surface area contributed by atoms with Crippen LogP contribution in [-0.4, -0.2) is 18.4 Å². The number of aryl methyl sites for hydroxylation is 2. The Morgan fingerprint density at radius 1 is 0.929 bits per heavy atom. The summed E-state index contributed by atoms with van der Waals surface area (Å²) in [5.41, 5.74) is 3.93. The molecule has 2 N–H and O–H groups in total. The van der Waals surface area contributed by atoms with Crippen LogP contribution < -0.4 is 10.6 Å². The van der Waals surface area contributed by atoms with Crippen LogP contribution >= 0.6 is 11.3 Å². The summed E-state index contributed by atoms with van der Waals surface area (Å²) in [6.45, 7) is 3.81. The van der Waals surface area contributed by atoms with Crippen molar-refractivity contribution in [2.24, 2.45) is 0 Å². The van der Waals surface area contributed by atoms with Crippen molar-refractivity contribution in [1.29, 1.82) is 0 Å². The van der Waals surface area contributed by atoms with Gasteiger partial charge in [-0.2, -0.15) is 0 Å². The van der Waals surface area contributed by atoms with E-state index in [0.717, 1.165) is 32.1 Å². The predicted octanol–water partition coefficient (Wildman–Crippen LogP) is 4.80. The lowest BCUT2D eigenvalue weighted by Gasteiger charge is -2.11. The van der Waals surface area contributed by atoms with Crippen LogP contribution in [0.5, 0.6) is 0 Å². The molecule has 0 saturated heterocycles. The molecular formula is C23H22N2O2S. The van der Waals surface area contributed by atoms with Crippen molar-refractivity contribution in [3.63, 3.8) is 0 Å². The highest BCUT2D eigenvalue weighted by molar-refractivity contribution is 7.16. The Kier molecular flexibility index (Phi) is 6.40. The fraction of sp³-hybridized carbons (Fsp3) is 0.130. The molecule has 0 atom stereocenters. The van der Waals surface area contributed by atoms with Crippen LogP contribution in [0.3, 0.4) is 0 Å². The molecular weight excluding hydrogens is 368 g/mol. The number of anilines is 1. The number of nitrogens with one attached hydrogen (secondary N) is 2. The summed E-state index contributed by atoms with van der Waals surface area (Å²) in [7, 11) is 0. The largest absolute Gasteiger partial charge is 0.343 e. The number of amides is 2. The maximum atomic E-state index is 12.1. The summed E-state index contributed by atoms with van der Waals surface area (Å²) in [4.78, 5) is 26.2. The number of carbonyl (C=O) groups is 2. The van der Waals surface area contributed by atoms with E-state index in [1.165, 1.54) is 6.08 Å². The van der Waals surface area contributed by atoms with Gasteiger partial charge in [-0.3, -0.25) is 9.59 Å². The summed E-state index contributed by atoms with van der Waals surface area (Å²) >= 11 is 1.61. The summed E-state index contributed by atoms with van der Waals surface area (Å²) < 4.78 is 0. The normalized spacial score (nSPS) is 10.8. The van der Waals surface area contributed by atoms with Crippen LogP contribution in [-0.2, 0) is 9.59 Å². The van der Waals surface area contributed by atoms with Crippen LogP contribution in [0.25, 0.3) is 16.5 Å². The summed E-state index contributed by atoms with van der Waals surface area (Å²) in [5, 5.41) is 5.47. The lowest BCUT2D eigenvalue weighted by Crippen LogP contribution is -2.32. The van der Waals surface area contributed by atoms with Crippen molar-refractivity contribution < 1.29 is 9.59 Å². The number of para-hydroxylation sites is 1. The minimum absolute atomic E-state index is 0.0728. The Labute approximate surface area is 168 Å². The van der Waals surface area contributed by atoms with Gasteiger partial charge in [-0.1, -0.05) is 48.5 Å². The molecule has 0 bridgehead atoms. The highest BCUT2D eigenvalue weighted by atomic mass is 32.1. The minimum Gasteiger partial charge on any atom is -0.343 e. The van der Waals surface area contributed by atoms with Crippen LogP contribution in [0.1, 0.15) is 16.0 Å². The molecule has 28 heavy (non-hydrogen) atoms. The molecule has 0 radical (unpaired) electrons. The van der Waals surface area contributed by atoms with Gasteiger partial charge in [0.1, 0.15) is 0 Å². The zero-order chi connectivity index (χ0) is 19.9. The molecule has 0 aliphatic rings. The first-order valence-corrected chi connectivity index (χ1v) is 9.82. The first-order valence-electron chi connectivity index (χ1n) is 9.00. The number of benzene rings is 2. The minimum atomic E-state index is -0.300. The van der Waals surface area contributed by atoms with E-state index in [-0.39, 0.29) is 18.4 Å². The van der Waals surface area contributed by atoms with E-state index in [4.69, 9.17) is 0 Å². The van der Waals surface area contributed by atoms with Gasteiger partial charge in [0.2, 0.25) is 11.8 Å². The van der Waals surface area contributed by atoms with Crippen molar-refractivity contribution >= 4 is 34.9 Å². The average Bonchev–Trinajstić information content (AvgIpc) is 3.17. The molecule has 0 saturated carbocycles. The molecule has 1 heterocycles. The average molecular weight is 391 g/mol. The van der Waals surface area contributed by atoms with E-state index in [9.17, 15) is 9.59 Å². The third kappa shape index (κ3) is 5.18. The third-order valence-electron chi connectivity index (χ3n) is 4.25. The van der Waals surface area contributed by atoms with Crippen molar-refractivity contribution in [3.05, 3.63) is 82.7 Å². The second-order valence-corrected chi connectivity index (χ2v) is 7.55. The number of carbonyl (C=O) groups excluding carboxylic acids is 2. The van der Waals surface area contributed by atoms with Crippen LogP contribution in [0.2, 0.25) is 0 Å². The molecule has 142 valence electrons. The number of thiophene rings is 1. The molecule has 1 aromatic heterocycles. The van der Waals surface area contributed by atoms with Gasteiger partial charge >= 0.3 is 0 Å². The lowest BCUT2D eigenvalue weighted by molar-refractivity contribution is -0.121. The monoisotopic (exact) mass is 390 g/mol. The van der Waals surface area contributed by atoms with Gasteiger partial charge < -0.3 is 10.6 Å². The first-order chi connectivity index (χ1) is 13.5. The van der Waals surface area contributed by atoms with E-state index in [1.54, 1.807) is 17.4 Å². The first kappa shape index (κ1) is 19.6. The lowest BCUT2D eigenvalue weighted by atomic mass is 10.1. The fourth-order valence-corrected chi connectivity index (χ4v) is 3.70. The maximum Gasteiger partial charge on any atom is 0.244 e. The van der Waals surface area contributed by atoms with Crippen LogP contribution in [0.4, 0.5) is 5.69 Å². The Balaban J connectivity index is 1.52. The Morgan fingerprint density at radius 2 is 1.64 bits per heavy atom. The van der Waals surface area contributed by atoms with E-state index in [1.807, 2.05) is 62.4 Å². The second-order valence-electron chi connectivity index (χ2n) is 6.43. The van der Waals surface area contributed by atoms with Crippen LogP contribution in [0, 0.1) is 13.8 Å². The highest BCUT2D eigenvalue weighted by Gasteiger charge is 2.08. The topological polar surface area (TPSA) is 58.2 Å². The Morgan fingerprint density at radius 3 is 2.36 bits per heavy atom. The molecule has 3 aromatic rings. The molecule has 5 heteroatoms. The Bertz CT molecular complexity index is 986. The number of hydrogen-bond donors (Lipinski definition) is 2. The molecule has 2 amide bonds. The molecule has 0 aliphatic carbocycles. The summed E-state index contributed by atoms with van der Waals surface area (Å²) in [6, 6.07) is 19.9. The zero-order valence-electron chi connectivity index (χ0n) is 15.9. The van der Waals surface area contributed by atoms with E-state index >= 15 is 0 Å². The van der Waals surface area contributed by atoms with Crippen LogP contribution in [0.15, 0.2) is 66.7 Å². The second kappa shape index (κ2) is 9.15. The summed E-state index contributed by atoms with van der Waals surface area (Å²) in [5.74, 6) is -0.548. The SMILES string of the molecule is Cc1cccc(C)c1NC(=O)CNC(=O)/C=C/c1ccc(-c2ccccc2)s1. The molecule has 0 fully saturated rings. The molecule has 3 rings (SSSR count).